The van der Waals surface area contributed by atoms with Gasteiger partial charge in [-0.05, 0) is 23.8 Å². The molecule has 21 heavy (non-hydrogen) atoms. The van der Waals surface area contributed by atoms with Crippen LogP contribution in [-0.2, 0) is 4.79 Å². The van der Waals surface area contributed by atoms with Crippen LogP contribution in [0.15, 0.2) is 54.6 Å². The standard InChI is InChI=1S/C16H14FNO3/c17-13-8-4-7-12(9-13)15(19)18-10-14(16(20)21)11-5-2-1-3-6-11/h1-9,14H,10H2,(H,18,19)(H,20,21). The van der Waals surface area contributed by atoms with Crippen molar-refractivity contribution in [3.8, 4) is 0 Å². The molecule has 0 aliphatic heterocycles. The number of carboxylic acids is 1. The summed E-state index contributed by atoms with van der Waals surface area (Å²) < 4.78 is 13.0. The molecule has 0 radical (unpaired) electrons. The smallest absolute Gasteiger partial charge is 0.312 e. The second kappa shape index (κ2) is 6.65. The third-order valence-corrected chi connectivity index (χ3v) is 3.05. The van der Waals surface area contributed by atoms with Gasteiger partial charge >= 0.3 is 5.97 Å². The molecule has 0 spiro atoms. The van der Waals surface area contributed by atoms with Gasteiger partial charge in [-0.3, -0.25) is 9.59 Å². The highest BCUT2D eigenvalue weighted by molar-refractivity contribution is 5.94. The molecule has 1 amide bonds. The van der Waals surface area contributed by atoms with Crippen LogP contribution in [-0.4, -0.2) is 23.5 Å². The molecular formula is C16H14FNO3. The van der Waals surface area contributed by atoms with E-state index < -0.39 is 23.6 Å². The maximum Gasteiger partial charge on any atom is 0.312 e. The van der Waals surface area contributed by atoms with E-state index >= 15 is 0 Å². The van der Waals surface area contributed by atoms with Crippen molar-refractivity contribution in [3.05, 3.63) is 71.5 Å². The van der Waals surface area contributed by atoms with Gasteiger partial charge in [-0.15, -0.1) is 0 Å². The van der Waals surface area contributed by atoms with E-state index in [1.807, 2.05) is 0 Å². The molecule has 0 saturated carbocycles. The maximum absolute atomic E-state index is 13.0. The molecule has 4 nitrogen and oxygen atoms in total. The van der Waals surface area contributed by atoms with Gasteiger partial charge in [0.2, 0.25) is 0 Å². The van der Waals surface area contributed by atoms with Gasteiger partial charge in [-0.1, -0.05) is 36.4 Å². The predicted octanol–water partition coefficient (Wildman–Crippen LogP) is 2.42. The molecule has 0 saturated heterocycles. The zero-order valence-corrected chi connectivity index (χ0v) is 11.1. The lowest BCUT2D eigenvalue weighted by Crippen LogP contribution is -2.31. The van der Waals surface area contributed by atoms with Gasteiger partial charge in [0, 0.05) is 12.1 Å². The number of hydrogen-bond acceptors (Lipinski definition) is 2. The third kappa shape index (κ3) is 3.89. The summed E-state index contributed by atoms with van der Waals surface area (Å²) in [5.41, 5.74) is 0.761. The fourth-order valence-electron chi connectivity index (χ4n) is 1.96. The molecule has 2 aromatic rings. The van der Waals surface area contributed by atoms with Gasteiger partial charge in [-0.2, -0.15) is 0 Å². The van der Waals surface area contributed by atoms with Gasteiger partial charge in [-0.25, -0.2) is 4.39 Å². The minimum Gasteiger partial charge on any atom is -0.481 e. The summed E-state index contributed by atoms with van der Waals surface area (Å²) in [6.45, 7) is -0.0608. The molecule has 1 unspecified atom stereocenters. The molecule has 2 aromatic carbocycles. The lowest BCUT2D eigenvalue weighted by atomic mass is 9.99. The molecule has 0 fully saturated rings. The first-order valence-corrected chi connectivity index (χ1v) is 6.39. The topological polar surface area (TPSA) is 66.4 Å². The summed E-state index contributed by atoms with van der Waals surface area (Å²) in [5, 5.41) is 11.8. The van der Waals surface area contributed by atoms with Crippen molar-refractivity contribution in [3.63, 3.8) is 0 Å². The SMILES string of the molecule is O=C(NCC(C(=O)O)c1ccccc1)c1cccc(F)c1. The number of amides is 1. The van der Waals surface area contributed by atoms with Crippen LogP contribution < -0.4 is 5.32 Å². The number of aliphatic carboxylic acids is 1. The number of nitrogens with one attached hydrogen (secondary N) is 1. The van der Waals surface area contributed by atoms with Crippen LogP contribution in [0.5, 0.6) is 0 Å². The lowest BCUT2D eigenvalue weighted by molar-refractivity contribution is -0.138. The van der Waals surface area contributed by atoms with Crippen LogP contribution in [0.1, 0.15) is 21.8 Å². The largest absolute Gasteiger partial charge is 0.481 e. The maximum atomic E-state index is 13.0. The van der Waals surface area contributed by atoms with Gasteiger partial charge in [0.15, 0.2) is 0 Å². The molecule has 0 aliphatic rings. The number of benzene rings is 2. The van der Waals surface area contributed by atoms with Gasteiger partial charge in [0.1, 0.15) is 5.82 Å². The number of halogens is 1. The van der Waals surface area contributed by atoms with Crippen molar-refractivity contribution in [1.29, 1.82) is 0 Å². The summed E-state index contributed by atoms with van der Waals surface area (Å²) in [6, 6.07) is 13.9. The van der Waals surface area contributed by atoms with E-state index in [1.54, 1.807) is 30.3 Å². The quantitative estimate of drug-likeness (QED) is 0.887. The molecule has 0 bridgehead atoms. The molecular weight excluding hydrogens is 273 g/mol. The van der Waals surface area contributed by atoms with Crippen LogP contribution in [0, 0.1) is 5.82 Å². The van der Waals surface area contributed by atoms with Gasteiger partial charge in [0.05, 0.1) is 5.92 Å². The Balaban J connectivity index is 2.06. The Kier molecular flexibility index (Phi) is 4.66. The van der Waals surface area contributed by atoms with E-state index in [-0.39, 0.29) is 12.1 Å². The van der Waals surface area contributed by atoms with Gasteiger partial charge in [0.25, 0.3) is 5.91 Å². The molecule has 0 aliphatic carbocycles. The Hall–Kier alpha value is -2.69. The summed E-state index contributed by atoms with van der Waals surface area (Å²) in [5.74, 6) is -2.89. The van der Waals surface area contributed by atoms with E-state index in [0.29, 0.717) is 5.56 Å². The Labute approximate surface area is 121 Å². The van der Waals surface area contributed by atoms with Crippen LogP contribution in [0.3, 0.4) is 0 Å². The van der Waals surface area contributed by atoms with Crippen LogP contribution >= 0.6 is 0 Å². The summed E-state index contributed by atoms with van der Waals surface area (Å²) in [6.07, 6.45) is 0. The van der Waals surface area contributed by atoms with Crippen molar-refractivity contribution < 1.29 is 19.1 Å². The highest BCUT2D eigenvalue weighted by Gasteiger charge is 2.20. The van der Waals surface area contributed by atoms with Crippen molar-refractivity contribution >= 4 is 11.9 Å². The fourth-order valence-corrected chi connectivity index (χ4v) is 1.96. The Morgan fingerprint density at radius 3 is 2.43 bits per heavy atom. The van der Waals surface area contributed by atoms with Crippen molar-refractivity contribution in [2.45, 2.75) is 5.92 Å². The first-order chi connectivity index (χ1) is 10.1. The molecule has 2 N–H and O–H groups in total. The second-order valence-electron chi connectivity index (χ2n) is 4.52. The highest BCUT2D eigenvalue weighted by Crippen LogP contribution is 2.15. The van der Waals surface area contributed by atoms with Crippen molar-refractivity contribution in [2.75, 3.05) is 6.54 Å². The number of rotatable bonds is 5. The minimum absolute atomic E-state index is 0.0608. The predicted molar refractivity (Wildman–Crippen MR) is 75.6 cm³/mol. The third-order valence-electron chi connectivity index (χ3n) is 3.05. The normalized spacial score (nSPS) is 11.7. The van der Waals surface area contributed by atoms with Crippen molar-refractivity contribution in [1.82, 2.24) is 5.32 Å². The van der Waals surface area contributed by atoms with E-state index in [2.05, 4.69) is 5.32 Å². The summed E-state index contributed by atoms with van der Waals surface area (Å²) >= 11 is 0. The first kappa shape index (κ1) is 14.7. The number of carbonyl (C=O) groups is 2. The molecule has 0 aromatic heterocycles. The lowest BCUT2D eigenvalue weighted by Gasteiger charge is -2.13. The Morgan fingerprint density at radius 1 is 1.10 bits per heavy atom. The average molecular weight is 287 g/mol. The van der Waals surface area contributed by atoms with E-state index in [9.17, 15) is 19.1 Å². The Bertz CT molecular complexity index is 643. The highest BCUT2D eigenvalue weighted by atomic mass is 19.1. The number of hydrogen-bond donors (Lipinski definition) is 2. The van der Waals surface area contributed by atoms with Crippen LogP contribution in [0.25, 0.3) is 0 Å². The summed E-state index contributed by atoms with van der Waals surface area (Å²) in [7, 11) is 0. The second-order valence-corrected chi connectivity index (χ2v) is 4.52. The first-order valence-electron chi connectivity index (χ1n) is 6.39. The van der Waals surface area contributed by atoms with E-state index in [4.69, 9.17) is 0 Å². The number of carboxylic acid groups (broad SMARTS) is 1. The average Bonchev–Trinajstić information content (AvgIpc) is 2.48. The Morgan fingerprint density at radius 2 is 1.81 bits per heavy atom. The summed E-state index contributed by atoms with van der Waals surface area (Å²) in [4.78, 5) is 23.2. The van der Waals surface area contributed by atoms with E-state index in [1.165, 1.54) is 18.2 Å². The molecule has 108 valence electrons. The fraction of sp³-hybridized carbons (Fsp3) is 0.125. The zero-order chi connectivity index (χ0) is 15.2. The van der Waals surface area contributed by atoms with Crippen molar-refractivity contribution in [2.24, 2.45) is 0 Å². The molecule has 1 atom stereocenters. The van der Waals surface area contributed by atoms with Crippen LogP contribution in [0.4, 0.5) is 4.39 Å². The van der Waals surface area contributed by atoms with E-state index in [0.717, 1.165) is 6.07 Å². The minimum atomic E-state index is -1.03. The van der Waals surface area contributed by atoms with Gasteiger partial charge < -0.3 is 10.4 Å². The molecule has 2 rings (SSSR count). The molecule has 0 heterocycles. The zero-order valence-electron chi connectivity index (χ0n) is 11.1. The molecule has 5 heteroatoms. The number of carbonyl (C=O) groups excluding carboxylic acids is 1. The monoisotopic (exact) mass is 287 g/mol. The van der Waals surface area contributed by atoms with Crippen LogP contribution in [0.2, 0.25) is 0 Å².